The molecule has 0 spiro atoms. The summed E-state index contributed by atoms with van der Waals surface area (Å²) in [4.78, 5) is 47.5. The highest BCUT2D eigenvalue weighted by Crippen LogP contribution is 2.19. The minimum Gasteiger partial charge on any atom is -0.446 e. The van der Waals surface area contributed by atoms with Crippen molar-refractivity contribution in [2.45, 2.75) is 31.5 Å². The van der Waals surface area contributed by atoms with E-state index in [9.17, 15) is 32.3 Å². The summed E-state index contributed by atoms with van der Waals surface area (Å²) in [6.07, 6.45) is -4.63. The van der Waals surface area contributed by atoms with E-state index in [0.29, 0.717) is 39.6 Å². The number of nitrogens with two attached hydrogens (primary N) is 1. The number of halogens is 3. The molecule has 0 fully saturated rings. The zero-order valence-corrected chi connectivity index (χ0v) is 20.5. The van der Waals surface area contributed by atoms with Crippen LogP contribution in [0.4, 0.5) is 13.2 Å². The van der Waals surface area contributed by atoms with Gasteiger partial charge in [0.2, 0.25) is 0 Å². The molecule has 3 N–H and O–H groups in total. The maximum Gasteiger partial charge on any atom is 0.490 e. The van der Waals surface area contributed by atoms with Crippen LogP contribution in [0.1, 0.15) is 19.3 Å². The zero-order chi connectivity index (χ0) is 27.5. The Bertz CT molecular complexity index is 733. The number of hydrogen-bond acceptors (Lipinski definition) is 10. The van der Waals surface area contributed by atoms with Crippen molar-refractivity contribution < 1.29 is 56.0 Å². The van der Waals surface area contributed by atoms with Crippen LogP contribution >= 0.6 is 0 Å². The van der Waals surface area contributed by atoms with Crippen molar-refractivity contribution in [2.24, 2.45) is 5.73 Å². The number of hydrogen-bond donors (Lipinski definition) is 2. The lowest BCUT2D eigenvalue weighted by atomic mass is 10.1. The molecule has 37 heavy (non-hydrogen) atoms. The Morgan fingerprint density at radius 2 is 1.38 bits per heavy atom. The summed E-state index contributed by atoms with van der Waals surface area (Å²) in [5, 5.41) is 2.36. The standard InChI is InChI=1S/C22H34F3N3O9/c23-22(24,25)21(32)37-17(3-1-2-8-28-18(29)4-5-19(28)30)20(31)27-7-10-34-12-14-36-16-15-35-13-11-33-9-6-26/h4-5,17H,1-3,6-16,26H2,(H,27,31). The number of rotatable bonds is 21. The molecule has 1 unspecified atom stereocenters. The fourth-order valence-corrected chi connectivity index (χ4v) is 2.90. The third-order valence-corrected chi connectivity index (χ3v) is 4.70. The molecule has 0 aromatic rings. The minimum atomic E-state index is -5.26. The van der Waals surface area contributed by atoms with Crippen molar-refractivity contribution in [1.29, 1.82) is 0 Å². The molecule has 0 aliphatic carbocycles. The van der Waals surface area contributed by atoms with E-state index < -0.39 is 36.0 Å². The molecular formula is C22H34F3N3O9. The van der Waals surface area contributed by atoms with Crippen LogP contribution in [0.15, 0.2) is 12.2 Å². The average molecular weight is 542 g/mol. The van der Waals surface area contributed by atoms with Gasteiger partial charge in [-0.3, -0.25) is 19.3 Å². The maximum absolute atomic E-state index is 12.6. The molecule has 0 bridgehead atoms. The van der Waals surface area contributed by atoms with E-state index in [4.69, 9.17) is 24.7 Å². The Kier molecular flexibility index (Phi) is 16.3. The number of carbonyl (C=O) groups is 4. The molecule has 0 aromatic heterocycles. The number of nitrogens with zero attached hydrogens (tertiary/aromatic N) is 1. The molecule has 3 amide bonds. The van der Waals surface area contributed by atoms with Gasteiger partial charge in [-0.1, -0.05) is 0 Å². The van der Waals surface area contributed by atoms with Gasteiger partial charge in [-0.15, -0.1) is 0 Å². The van der Waals surface area contributed by atoms with Crippen LogP contribution in [0, 0.1) is 0 Å². The van der Waals surface area contributed by atoms with Crippen molar-refractivity contribution in [1.82, 2.24) is 10.2 Å². The van der Waals surface area contributed by atoms with E-state index in [0.717, 1.165) is 17.1 Å². The summed E-state index contributed by atoms with van der Waals surface area (Å²) in [6.45, 7) is 3.04. The molecular weight excluding hydrogens is 507 g/mol. The second-order valence-electron chi connectivity index (χ2n) is 7.58. The molecule has 0 radical (unpaired) electrons. The van der Waals surface area contributed by atoms with Crippen molar-refractivity contribution >= 4 is 23.7 Å². The molecule has 1 atom stereocenters. The lowest BCUT2D eigenvalue weighted by molar-refractivity contribution is -0.205. The maximum atomic E-state index is 12.6. The van der Waals surface area contributed by atoms with Gasteiger partial charge in [0, 0.05) is 31.8 Å². The molecule has 1 heterocycles. The Labute approximate surface area is 212 Å². The van der Waals surface area contributed by atoms with Crippen LogP contribution in [0.2, 0.25) is 0 Å². The van der Waals surface area contributed by atoms with Crippen LogP contribution in [-0.2, 0) is 42.9 Å². The van der Waals surface area contributed by atoms with Gasteiger partial charge < -0.3 is 34.7 Å². The largest absolute Gasteiger partial charge is 0.490 e. The van der Waals surface area contributed by atoms with E-state index in [1.807, 2.05) is 0 Å². The Morgan fingerprint density at radius 1 is 0.865 bits per heavy atom. The normalized spacial score (nSPS) is 14.3. The van der Waals surface area contributed by atoms with Crippen LogP contribution in [0.5, 0.6) is 0 Å². The zero-order valence-electron chi connectivity index (χ0n) is 20.5. The second kappa shape index (κ2) is 18.6. The Morgan fingerprint density at radius 3 is 1.89 bits per heavy atom. The predicted molar refractivity (Wildman–Crippen MR) is 121 cm³/mol. The summed E-state index contributed by atoms with van der Waals surface area (Å²) >= 11 is 0. The Hall–Kier alpha value is -2.59. The summed E-state index contributed by atoms with van der Waals surface area (Å²) in [5.74, 6) is -4.39. The number of imide groups is 1. The lowest BCUT2D eigenvalue weighted by Gasteiger charge is -2.19. The monoisotopic (exact) mass is 541 g/mol. The van der Waals surface area contributed by atoms with Crippen LogP contribution in [0.3, 0.4) is 0 Å². The summed E-state index contributed by atoms with van der Waals surface area (Å²) in [5.41, 5.74) is 5.28. The van der Waals surface area contributed by atoms with Crippen molar-refractivity contribution in [3.63, 3.8) is 0 Å². The molecule has 0 saturated heterocycles. The van der Waals surface area contributed by atoms with E-state index in [-0.39, 0.29) is 52.2 Å². The highest BCUT2D eigenvalue weighted by atomic mass is 19.4. The highest BCUT2D eigenvalue weighted by Gasteiger charge is 2.43. The van der Waals surface area contributed by atoms with Crippen molar-refractivity contribution in [3.8, 4) is 0 Å². The molecule has 12 nitrogen and oxygen atoms in total. The predicted octanol–water partition coefficient (Wildman–Crippen LogP) is -0.303. The number of alkyl halides is 3. The molecule has 0 aromatic carbocycles. The minimum absolute atomic E-state index is 0.0253. The van der Waals surface area contributed by atoms with Crippen LogP contribution < -0.4 is 11.1 Å². The molecule has 1 aliphatic heterocycles. The van der Waals surface area contributed by atoms with Gasteiger partial charge in [0.1, 0.15) is 0 Å². The van der Waals surface area contributed by atoms with Gasteiger partial charge in [0.15, 0.2) is 6.10 Å². The molecule has 0 saturated carbocycles. The smallest absolute Gasteiger partial charge is 0.446 e. The fraction of sp³-hybridized carbons (Fsp3) is 0.727. The molecule has 212 valence electrons. The van der Waals surface area contributed by atoms with E-state index >= 15 is 0 Å². The summed E-state index contributed by atoms with van der Waals surface area (Å²) in [6, 6.07) is 0. The summed E-state index contributed by atoms with van der Waals surface area (Å²) < 4.78 is 63.1. The number of nitrogens with one attached hydrogen (secondary N) is 1. The molecule has 1 aliphatic rings. The average Bonchev–Trinajstić information content (AvgIpc) is 3.17. The SMILES string of the molecule is NCCOCCOCCOCCOCCNC(=O)C(CCCCN1C(=O)C=CC1=O)OC(=O)C(F)(F)F. The first-order chi connectivity index (χ1) is 17.7. The van der Waals surface area contributed by atoms with Crippen molar-refractivity contribution in [3.05, 3.63) is 12.2 Å². The topological polar surface area (TPSA) is 156 Å². The fourth-order valence-electron chi connectivity index (χ4n) is 2.90. The van der Waals surface area contributed by atoms with Gasteiger partial charge in [-0.25, -0.2) is 4.79 Å². The molecule has 15 heteroatoms. The lowest BCUT2D eigenvalue weighted by Crippen LogP contribution is -2.42. The second-order valence-corrected chi connectivity index (χ2v) is 7.58. The summed E-state index contributed by atoms with van der Waals surface area (Å²) in [7, 11) is 0. The first kappa shape index (κ1) is 32.4. The third kappa shape index (κ3) is 14.7. The van der Waals surface area contributed by atoms with Crippen molar-refractivity contribution in [2.75, 3.05) is 72.5 Å². The highest BCUT2D eigenvalue weighted by molar-refractivity contribution is 6.12. The van der Waals surface area contributed by atoms with Gasteiger partial charge in [0.25, 0.3) is 17.7 Å². The van der Waals surface area contributed by atoms with E-state index in [1.165, 1.54) is 0 Å². The van der Waals surface area contributed by atoms with Crippen LogP contribution in [-0.4, -0.2) is 113 Å². The number of ether oxygens (including phenoxy) is 5. The van der Waals surface area contributed by atoms with Crippen LogP contribution in [0.25, 0.3) is 0 Å². The molecule has 1 rings (SSSR count). The number of carbonyl (C=O) groups excluding carboxylic acids is 4. The van der Waals surface area contributed by atoms with Gasteiger partial charge >= 0.3 is 12.1 Å². The third-order valence-electron chi connectivity index (χ3n) is 4.70. The van der Waals surface area contributed by atoms with Gasteiger partial charge in [0.05, 0.1) is 52.9 Å². The quantitative estimate of drug-likeness (QED) is 0.112. The number of esters is 1. The first-order valence-corrected chi connectivity index (χ1v) is 11.8. The number of amides is 3. The van der Waals surface area contributed by atoms with E-state index in [1.54, 1.807) is 0 Å². The first-order valence-electron chi connectivity index (χ1n) is 11.8. The van der Waals surface area contributed by atoms with Gasteiger partial charge in [-0.05, 0) is 19.3 Å². The van der Waals surface area contributed by atoms with E-state index in [2.05, 4.69) is 10.1 Å². The Balaban J connectivity index is 2.22. The number of unbranched alkanes of at least 4 members (excludes halogenated alkanes) is 1. The van der Waals surface area contributed by atoms with Gasteiger partial charge in [-0.2, -0.15) is 13.2 Å².